The second kappa shape index (κ2) is 5.77. The second-order valence-corrected chi connectivity index (χ2v) is 4.64. The Morgan fingerprint density at radius 2 is 2.10 bits per heavy atom. The topological polar surface area (TPSA) is 70.2 Å². The quantitative estimate of drug-likeness (QED) is 0.634. The highest BCUT2D eigenvalue weighted by Crippen LogP contribution is 2.36. The van der Waals surface area contributed by atoms with Crippen molar-refractivity contribution in [2.45, 2.75) is 0 Å². The number of rotatable bonds is 3. The van der Waals surface area contributed by atoms with Crippen molar-refractivity contribution in [3.63, 3.8) is 0 Å². The van der Waals surface area contributed by atoms with Crippen LogP contribution >= 0.6 is 11.6 Å². The standard InChI is InChI=1S/C14H9ClFN3O2/c1-18(10-4-2-3-9(5-10)8-17)13-7-12(16)11(15)6-14(13)19(20)21/h2-7H,1H3. The molecule has 0 spiro atoms. The van der Waals surface area contributed by atoms with Gasteiger partial charge in [-0.2, -0.15) is 5.26 Å². The summed E-state index contributed by atoms with van der Waals surface area (Å²) in [5.41, 5.74) is 0.665. The first-order chi connectivity index (χ1) is 9.93. The molecule has 0 unspecified atom stereocenters. The molecule has 7 heteroatoms. The van der Waals surface area contributed by atoms with Crippen LogP contribution in [0, 0.1) is 27.3 Å². The summed E-state index contributed by atoms with van der Waals surface area (Å²) in [4.78, 5) is 11.9. The normalized spacial score (nSPS) is 10.0. The molecule has 2 aromatic carbocycles. The number of nitro groups is 1. The van der Waals surface area contributed by atoms with Crippen LogP contribution in [0.15, 0.2) is 36.4 Å². The van der Waals surface area contributed by atoms with E-state index in [9.17, 15) is 14.5 Å². The summed E-state index contributed by atoms with van der Waals surface area (Å²) in [5.74, 6) is -0.749. The number of halogens is 2. The Labute approximate surface area is 124 Å². The van der Waals surface area contributed by atoms with Gasteiger partial charge < -0.3 is 4.90 Å². The zero-order chi connectivity index (χ0) is 15.6. The minimum atomic E-state index is -0.749. The van der Waals surface area contributed by atoms with Crippen LogP contribution in [0.1, 0.15) is 5.56 Å². The molecule has 0 atom stereocenters. The smallest absolute Gasteiger partial charge is 0.294 e. The number of hydrogen-bond donors (Lipinski definition) is 0. The van der Waals surface area contributed by atoms with Gasteiger partial charge in [0.1, 0.15) is 11.5 Å². The third-order valence-corrected chi connectivity index (χ3v) is 3.23. The van der Waals surface area contributed by atoms with Crippen LogP contribution in [0.3, 0.4) is 0 Å². The molecule has 0 fully saturated rings. The predicted molar refractivity (Wildman–Crippen MR) is 77.3 cm³/mol. The summed E-state index contributed by atoms with van der Waals surface area (Å²) in [6.07, 6.45) is 0. The molecule has 0 aliphatic rings. The van der Waals surface area contributed by atoms with Gasteiger partial charge in [0.2, 0.25) is 0 Å². The average molecular weight is 306 g/mol. The number of nitrogens with zero attached hydrogens (tertiary/aromatic N) is 3. The van der Waals surface area contributed by atoms with Gasteiger partial charge in [0.05, 0.1) is 21.6 Å². The Kier molecular flexibility index (Phi) is 4.05. The maximum absolute atomic E-state index is 13.6. The Balaban J connectivity index is 2.57. The van der Waals surface area contributed by atoms with Crippen LogP contribution in [0.2, 0.25) is 5.02 Å². The zero-order valence-corrected chi connectivity index (χ0v) is 11.6. The molecule has 5 nitrogen and oxygen atoms in total. The highest BCUT2D eigenvalue weighted by atomic mass is 35.5. The lowest BCUT2D eigenvalue weighted by atomic mass is 10.1. The van der Waals surface area contributed by atoms with Crippen LogP contribution in [0.25, 0.3) is 0 Å². The van der Waals surface area contributed by atoms with E-state index in [4.69, 9.17) is 16.9 Å². The highest BCUT2D eigenvalue weighted by Gasteiger charge is 2.21. The molecule has 2 aromatic rings. The third-order valence-electron chi connectivity index (χ3n) is 2.94. The molecule has 0 heterocycles. The van der Waals surface area contributed by atoms with Crippen LogP contribution in [0.4, 0.5) is 21.5 Å². The van der Waals surface area contributed by atoms with E-state index in [1.54, 1.807) is 31.3 Å². The first kappa shape index (κ1) is 14.8. The van der Waals surface area contributed by atoms with Gasteiger partial charge in [0.25, 0.3) is 5.69 Å². The minimum absolute atomic E-state index is 0.0528. The molecule has 2 rings (SSSR count). The number of anilines is 2. The van der Waals surface area contributed by atoms with Gasteiger partial charge in [-0.3, -0.25) is 10.1 Å². The van der Waals surface area contributed by atoms with Crippen LogP contribution in [-0.2, 0) is 0 Å². The van der Waals surface area contributed by atoms with E-state index in [0.29, 0.717) is 11.3 Å². The Bertz CT molecular complexity index is 758. The molecule has 0 radical (unpaired) electrons. The van der Waals surface area contributed by atoms with Crippen molar-refractivity contribution < 1.29 is 9.31 Å². The SMILES string of the molecule is CN(c1cccc(C#N)c1)c1cc(F)c(Cl)cc1[N+](=O)[O-]. The maximum Gasteiger partial charge on any atom is 0.294 e. The predicted octanol–water partition coefficient (Wildman–Crippen LogP) is 4.03. The van der Waals surface area contributed by atoms with Gasteiger partial charge in [-0.25, -0.2) is 4.39 Å². The largest absolute Gasteiger partial charge is 0.339 e. The van der Waals surface area contributed by atoms with Gasteiger partial charge in [0.15, 0.2) is 0 Å². The number of hydrogen-bond acceptors (Lipinski definition) is 4. The molecule has 21 heavy (non-hydrogen) atoms. The third kappa shape index (κ3) is 2.93. The molecule has 0 aromatic heterocycles. The maximum atomic E-state index is 13.6. The Morgan fingerprint density at radius 1 is 1.38 bits per heavy atom. The monoisotopic (exact) mass is 305 g/mol. The molecule has 0 aliphatic heterocycles. The van der Waals surface area contributed by atoms with Crippen molar-refractivity contribution in [2.75, 3.05) is 11.9 Å². The summed E-state index contributed by atoms with van der Waals surface area (Å²) < 4.78 is 13.6. The number of nitriles is 1. The van der Waals surface area contributed by atoms with E-state index in [1.807, 2.05) is 6.07 Å². The Morgan fingerprint density at radius 3 is 2.71 bits per heavy atom. The molecule has 0 N–H and O–H groups in total. The van der Waals surface area contributed by atoms with E-state index in [2.05, 4.69) is 0 Å². The first-order valence-electron chi connectivity index (χ1n) is 5.81. The lowest BCUT2D eigenvalue weighted by Gasteiger charge is -2.19. The summed E-state index contributed by atoms with van der Waals surface area (Å²) in [6.45, 7) is 0. The van der Waals surface area contributed by atoms with Crippen molar-refractivity contribution >= 4 is 28.7 Å². The van der Waals surface area contributed by atoms with Gasteiger partial charge in [-0.1, -0.05) is 17.7 Å². The van der Waals surface area contributed by atoms with E-state index >= 15 is 0 Å². The van der Waals surface area contributed by atoms with Crippen LogP contribution in [-0.4, -0.2) is 12.0 Å². The summed E-state index contributed by atoms with van der Waals surface area (Å²) in [6, 6.07) is 10.4. The van der Waals surface area contributed by atoms with Crippen LogP contribution in [0.5, 0.6) is 0 Å². The molecular formula is C14H9ClFN3O2. The fourth-order valence-corrected chi connectivity index (χ4v) is 2.02. The first-order valence-corrected chi connectivity index (χ1v) is 6.19. The lowest BCUT2D eigenvalue weighted by molar-refractivity contribution is -0.384. The van der Waals surface area contributed by atoms with Gasteiger partial charge in [-0.05, 0) is 18.2 Å². The fourth-order valence-electron chi connectivity index (χ4n) is 1.86. The van der Waals surface area contributed by atoms with Crippen molar-refractivity contribution in [2.24, 2.45) is 0 Å². The summed E-state index contributed by atoms with van der Waals surface area (Å²) >= 11 is 5.59. The fraction of sp³-hybridized carbons (Fsp3) is 0.0714. The summed E-state index contributed by atoms with van der Waals surface area (Å²) in [7, 11) is 1.55. The Hall–Kier alpha value is -2.65. The zero-order valence-electron chi connectivity index (χ0n) is 10.9. The number of benzene rings is 2. The molecule has 0 amide bonds. The number of nitro benzene ring substituents is 1. The molecule has 0 bridgehead atoms. The van der Waals surface area contributed by atoms with E-state index < -0.39 is 10.7 Å². The summed E-state index contributed by atoms with van der Waals surface area (Å²) in [5, 5.41) is 19.7. The van der Waals surface area contributed by atoms with E-state index in [1.165, 1.54) is 4.90 Å². The molecular weight excluding hydrogens is 297 g/mol. The van der Waals surface area contributed by atoms with E-state index in [0.717, 1.165) is 12.1 Å². The molecule has 0 aliphatic carbocycles. The van der Waals surface area contributed by atoms with Crippen molar-refractivity contribution in [3.05, 3.63) is 62.9 Å². The van der Waals surface area contributed by atoms with Crippen molar-refractivity contribution in [3.8, 4) is 6.07 Å². The van der Waals surface area contributed by atoms with Crippen LogP contribution < -0.4 is 4.90 Å². The molecule has 106 valence electrons. The van der Waals surface area contributed by atoms with Gasteiger partial charge in [-0.15, -0.1) is 0 Å². The minimum Gasteiger partial charge on any atom is -0.339 e. The van der Waals surface area contributed by atoms with Crippen molar-refractivity contribution in [1.29, 1.82) is 5.26 Å². The molecule has 0 saturated heterocycles. The molecule has 0 saturated carbocycles. The van der Waals surface area contributed by atoms with Gasteiger partial charge >= 0.3 is 0 Å². The lowest BCUT2D eigenvalue weighted by Crippen LogP contribution is -2.12. The average Bonchev–Trinajstić information content (AvgIpc) is 2.48. The second-order valence-electron chi connectivity index (χ2n) is 4.23. The van der Waals surface area contributed by atoms with Crippen molar-refractivity contribution in [1.82, 2.24) is 0 Å². The van der Waals surface area contributed by atoms with Gasteiger partial charge in [0, 0.05) is 24.9 Å². The van der Waals surface area contributed by atoms with E-state index in [-0.39, 0.29) is 16.4 Å². The highest BCUT2D eigenvalue weighted by molar-refractivity contribution is 6.31.